The lowest BCUT2D eigenvalue weighted by Crippen LogP contribution is -2.57. The van der Waals surface area contributed by atoms with Gasteiger partial charge in [-0.1, -0.05) is 11.6 Å². The molecule has 3 N–H and O–H groups in total. The number of carbonyl (C=O) groups excluding carboxylic acids is 1. The Balaban J connectivity index is 1.48. The molecule has 1 aliphatic carbocycles. The quantitative estimate of drug-likeness (QED) is 0.792. The summed E-state index contributed by atoms with van der Waals surface area (Å²) in [6.07, 6.45) is 6.49. The number of hydrogen-bond donors (Lipinski definition) is 2. The van der Waals surface area contributed by atoms with Crippen LogP contribution in [0.4, 0.5) is 5.69 Å². The minimum atomic E-state index is -0.142. The van der Waals surface area contributed by atoms with Gasteiger partial charge in [-0.25, -0.2) is 0 Å². The molecule has 3 fully saturated rings. The van der Waals surface area contributed by atoms with E-state index in [9.17, 15) is 4.79 Å². The van der Waals surface area contributed by atoms with E-state index in [1.54, 1.807) is 6.07 Å². The van der Waals surface area contributed by atoms with Gasteiger partial charge in [0.25, 0.3) is 5.91 Å². The number of aryl methyl sites for hydroxylation is 2. The number of anilines is 1. The third-order valence-corrected chi connectivity index (χ3v) is 6.84. The van der Waals surface area contributed by atoms with E-state index in [1.807, 2.05) is 0 Å². The highest BCUT2D eigenvalue weighted by molar-refractivity contribution is 6.38. The average molecular weight is 374 g/mol. The number of hydrogen-bond acceptors (Lipinski definition) is 4. The zero-order valence-electron chi connectivity index (χ0n) is 14.8. The summed E-state index contributed by atoms with van der Waals surface area (Å²) < 4.78 is 6.03. The van der Waals surface area contributed by atoms with Gasteiger partial charge in [0.2, 0.25) is 0 Å². The third-order valence-electron chi connectivity index (χ3n) is 6.43. The van der Waals surface area contributed by atoms with E-state index >= 15 is 0 Å². The van der Waals surface area contributed by atoms with Gasteiger partial charge in [-0.05, 0) is 57.2 Å². The molecule has 138 valence electrons. The van der Waals surface area contributed by atoms with Crippen molar-refractivity contribution in [3.05, 3.63) is 28.0 Å². The number of piperidine rings is 3. The van der Waals surface area contributed by atoms with Crippen molar-refractivity contribution >= 4 is 34.2 Å². The Hall–Kier alpha value is -1.72. The van der Waals surface area contributed by atoms with E-state index in [0.717, 1.165) is 69.3 Å². The highest BCUT2D eigenvalue weighted by Crippen LogP contribution is 2.40. The number of nitrogen functional groups attached to an aromatic ring is 1. The standard InChI is InChI=1S/C20H24ClN3O2/c21-18-13(20(25)23-14-10-24-7-5-11(14)6-8-24)9-16-17(19(18)22)12-3-1-2-4-15(12)26-16/h9,11,14H,1-8,10,22H2,(H,23,25). The van der Waals surface area contributed by atoms with Gasteiger partial charge < -0.3 is 20.4 Å². The van der Waals surface area contributed by atoms with Gasteiger partial charge in [-0.3, -0.25) is 4.79 Å². The molecular formula is C20H24ClN3O2. The minimum absolute atomic E-state index is 0.142. The van der Waals surface area contributed by atoms with E-state index in [-0.39, 0.29) is 11.9 Å². The first-order chi connectivity index (χ1) is 12.6. The van der Waals surface area contributed by atoms with Crippen LogP contribution < -0.4 is 11.1 Å². The van der Waals surface area contributed by atoms with Crippen molar-refractivity contribution in [2.45, 2.75) is 44.6 Å². The van der Waals surface area contributed by atoms with Crippen LogP contribution >= 0.6 is 11.6 Å². The topological polar surface area (TPSA) is 71.5 Å². The van der Waals surface area contributed by atoms with Gasteiger partial charge in [0, 0.05) is 30.0 Å². The number of nitrogens with zero attached hydrogens (tertiary/aromatic N) is 1. The van der Waals surface area contributed by atoms with Gasteiger partial charge in [0.1, 0.15) is 11.3 Å². The molecule has 26 heavy (non-hydrogen) atoms. The molecule has 0 radical (unpaired) electrons. The van der Waals surface area contributed by atoms with Crippen molar-refractivity contribution in [2.75, 3.05) is 25.4 Å². The van der Waals surface area contributed by atoms with Crippen LogP contribution in [-0.4, -0.2) is 36.5 Å². The molecule has 0 spiro atoms. The number of nitrogens with one attached hydrogen (secondary N) is 1. The van der Waals surface area contributed by atoms with Crippen LogP contribution in [0.3, 0.4) is 0 Å². The highest BCUT2D eigenvalue weighted by atomic mass is 35.5. The average Bonchev–Trinajstić information content (AvgIpc) is 3.04. The summed E-state index contributed by atoms with van der Waals surface area (Å²) in [6, 6.07) is 1.98. The fraction of sp³-hybridized carbons (Fsp3) is 0.550. The van der Waals surface area contributed by atoms with Gasteiger partial charge in [0.15, 0.2) is 0 Å². The number of furan rings is 1. The second kappa shape index (κ2) is 6.17. The van der Waals surface area contributed by atoms with E-state index in [1.165, 1.54) is 5.56 Å². The Kier molecular flexibility index (Phi) is 3.90. The zero-order valence-corrected chi connectivity index (χ0v) is 15.6. The molecule has 1 atom stereocenters. The second-order valence-corrected chi connectivity index (χ2v) is 8.33. The molecular weight excluding hydrogens is 350 g/mol. The monoisotopic (exact) mass is 373 g/mol. The van der Waals surface area contributed by atoms with E-state index in [0.29, 0.717) is 27.8 Å². The normalized spacial score (nSPS) is 27.5. The summed E-state index contributed by atoms with van der Waals surface area (Å²) >= 11 is 6.53. The van der Waals surface area contributed by atoms with E-state index in [4.69, 9.17) is 21.8 Å². The van der Waals surface area contributed by atoms with Crippen LogP contribution in [0.2, 0.25) is 5.02 Å². The van der Waals surface area contributed by atoms with Gasteiger partial charge >= 0.3 is 0 Å². The molecule has 3 saturated heterocycles. The Morgan fingerprint density at radius 1 is 1.27 bits per heavy atom. The predicted molar refractivity (Wildman–Crippen MR) is 103 cm³/mol. The van der Waals surface area contributed by atoms with Crippen molar-refractivity contribution in [1.29, 1.82) is 0 Å². The summed E-state index contributed by atoms with van der Waals surface area (Å²) in [5.74, 6) is 1.43. The molecule has 4 heterocycles. The molecule has 2 bridgehead atoms. The molecule has 2 aromatic rings. The first-order valence-corrected chi connectivity index (χ1v) is 10.0. The van der Waals surface area contributed by atoms with Crippen molar-refractivity contribution in [2.24, 2.45) is 5.92 Å². The molecule has 3 aliphatic heterocycles. The summed E-state index contributed by atoms with van der Waals surface area (Å²) in [4.78, 5) is 15.4. The van der Waals surface area contributed by atoms with Crippen LogP contribution in [0.15, 0.2) is 10.5 Å². The first-order valence-electron chi connectivity index (χ1n) is 9.67. The van der Waals surface area contributed by atoms with Crippen LogP contribution in [0.1, 0.15) is 47.4 Å². The van der Waals surface area contributed by atoms with Crippen molar-refractivity contribution < 1.29 is 9.21 Å². The van der Waals surface area contributed by atoms with E-state index < -0.39 is 0 Å². The Bertz CT molecular complexity index is 883. The largest absolute Gasteiger partial charge is 0.461 e. The lowest BCUT2D eigenvalue weighted by molar-refractivity contribution is 0.0620. The van der Waals surface area contributed by atoms with Crippen LogP contribution in [0.5, 0.6) is 0 Å². The summed E-state index contributed by atoms with van der Waals surface area (Å²) in [5, 5.41) is 4.46. The molecule has 0 saturated carbocycles. The Labute approximate surface area is 157 Å². The number of amides is 1. The van der Waals surface area contributed by atoms with Crippen LogP contribution in [0, 0.1) is 5.92 Å². The highest BCUT2D eigenvalue weighted by Gasteiger charge is 2.35. The van der Waals surface area contributed by atoms with E-state index in [2.05, 4.69) is 10.2 Å². The van der Waals surface area contributed by atoms with Crippen molar-refractivity contribution in [3.63, 3.8) is 0 Å². The number of nitrogens with two attached hydrogens (primary N) is 1. The fourth-order valence-corrected chi connectivity index (χ4v) is 5.21. The fourth-order valence-electron chi connectivity index (χ4n) is 4.97. The number of carbonyl (C=O) groups is 1. The second-order valence-electron chi connectivity index (χ2n) is 7.95. The van der Waals surface area contributed by atoms with Crippen LogP contribution in [0.25, 0.3) is 11.0 Å². The van der Waals surface area contributed by atoms with Crippen LogP contribution in [-0.2, 0) is 12.8 Å². The summed E-state index contributed by atoms with van der Waals surface area (Å²) in [5.41, 5.74) is 9.12. The molecule has 1 aromatic carbocycles. The van der Waals surface area contributed by atoms with Crippen molar-refractivity contribution in [3.8, 4) is 0 Å². The Morgan fingerprint density at radius 2 is 2.04 bits per heavy atom. The number of benzene rings is 1. The number of fused-ring (bicyclic) bond motifs is 6. The molecule has 1 amide bonds. The maximum atomic E-state index is 12.9. The molecule has 6 rings (SSSR count). The summed E-state index contributed by atoms with van der Waals surface area (Å²) in [7, 11) is 0. The van der Waals surface area contributed by atoms with Gasteiger partial charge in [-0.2, -0.15) is 0 Å². The molecule has 6 heteroatoms. The molecule has 1 unspecified atom stereocenters. The summed E-state index contributed by atoms with van der Waals surface area (Å²) in [6.45, 7) is 3.23. The maximum absolute atomic E-state index is 12.9. The SMILES string of the molecule is Nc1c(Cl)c(C(=O)NC2CN3CCC2CC3)cc2oc3c(c12)CCCC3. The maximum Gasteiger partial charge on any atom is 0.253 e. The number of rotatable bonds is 2. The molecule has 1 aromatic heterocycles. The molecule has 4 aliphatic rings. The lowest BCUT2D eigenvalue weighted by atomic mass is 9.84. The smallest absolute Gasteiger partial charge is 0.253 e. The van der Waals surface area contributed by atoms with Gasteiger partial charge in [0.05, 0.1) is 16.3 Å². The zero-order chi connectivity index (χ0) is 17.8. The lowest BCUT2D eigenvalue weighted by Gasteiger charge is -2.44. The third kappa shape index (κ3) is 2.52. The first kappa shape index (κ1) is 16.5. The Morgan fingerprint density at radius 3 is 2.77 bits per heavy atom. The minimum Gasteiger partial charge on any atom is -0.461 e. The predicted octanol–water partition coefficient (Wildman–Crippen LogP) is 3.37. The number of halogens is 1. The van der Waals surface area contributed by atoms with Gasteiger partial charge in [-0.15, -0.1) is 0 Å². The molecule has 5 nitrogen and oxygen atoms in total. The van der Waals surface area contributed by atoms with Crippen molar-refractivity contribution in [1.82, 2.24) is 10.2 Å².